The van der Waals surface area contributed by atoms with E-state index in [1.54, 1.807) is 0 Å². The maximum Gasteiger partial charge on any atom is 0.129 e. The number of hydrogen-bond acceptors (Lipinski definition) is 4. The van der Waals surface area contributed by atoms with Crippen LogP contribution >= 0.6 is 23.3 Å². The Kier molecular flexibility index (Phi) is 3.40. The van der Waals surface area contributed by atoms with E-state index in [0.717, 1.165) is 29.8 Å². The largest absolute Gasteiger partial charge is 0.376 e. The van der Waals surface area contributed by atoms with Crippen LogP contribution in [0.3, 0.4) is 0 Å². The third-order valence-corrected chi connectivity index (χ3v) is 3.95. The summed E-state index contributed by atoms with van der Waals surface area (Å²) in [4.78, 5) is 0. The summed E-state index contributed by atoms with van der Waals surface area (Å²) in [6, 6.07) is 7.89. The normalized spacial score (nSPS) is 11.1. The van der Waals surface area contributed by atoms with E-state index in [0.29, 0.717) is 5.02 Å². The summed E-state index contributed by atoms with van der Waals surface area (Å²) >= 11 is 7.44. The van der Waals surface area contributed by atoms with Gasteiger partial charge in [0.25, 0.3) is 0 Å². The van der Waals surface area contributed by atoms with Crippen molar-refractivity contribution in [3.63, 3.8) is 0 Å². The van der Waals surface area contributed by atoms with Crippen molar-refractivity contribution in [1.82, 2.24) is 13.3 Å². The van der Waals surface area contributed by atoms with E-state index in [1.807, 2.05) is 18.2 Å². The number of nitrogens with one attached hydrogen (secondary N) is 1. The molecule has 1 N–H and O–H groups in total. The molecule has 0 radical (unpaired) electrons. The highest BCUT2D eigenvalue weighted by atomic mass is 35.5. The van der Waals surface area contributed by atoms with E-state index in [9.17, 15) is 0 Å². The van der Waals surface area contributed by atoms with Crippen molar-refractivity contribution in [2.75, 3.05) is 5.32 Å². The predicted molar refractivity (Wildman–Crippen MR) is 79.9 cm³/mol. The van der Waals surface area contributed by atoms with E-state index in [1.165, 1.54) is 17.4 Å². The Hall–Kier alpha value is -1.59. The zero-order valence-corrected chi connectivity index (χ0v) is 12.0. The van der Waals surface area contributed by atoms with E-state index in [2.05, 4.69) is 37.8 Å². The second-order valence-electron chi connectivity index (χ2n) is 4.19. The van der Waals surface area contributed by atoms with Gasteiger partial charge in [-0.05, 0) is 31.2 Å². The molecule has 1 aromatic carbocycles. The minimum Gasteiger partial charge on any atom is -0.376 e. The lowest BCUT2D eigenvalue weighted by Crippen LogP contribution is -2.06. The first-order valence-corrected chi connectivity index (χ1v) is 7.19. The molecule has 2 heterocycles. The third-order valence-electron chi connectivity index (χ3n) is 3.09. The van der Waals surface area contributed by atoms with E-state index in [-0.39, 0.29) is 0 Å². The van der Waals surface area contributed by atoms with Gasteiger partial charge in [-0.3, -0.25) is 0 Å². The molecule has 0 fully saturated rings. The van der Waals surface area contributed by atoms with Crippen LogP contribution in [0.25, 0.3) is 11.0 Å². The number of halogens is 1. The fourth-order valence-corrected chi connectivity index (χ4v) is 2.85. The van der Waals surface area contributed by atoms with E-state index >= 15 is 0 Å². The summed E-state index contributed by atoms with van der Waals surface area (Å²) in [6.07, 6.45) is 2.07. The Labute approximate surface area is 120 Å². The Morgan fingerprint density at radius 1 is 1.32 bits per heavy atom. The van der Waals surface area contributed by atoms with Gasteiger partial charge < -0.3 is 9.88 Å². The van der Waals surface area contributed by atoms with Crippen LogP contribution in [0.2, 0.25) is 5.02 Å². The van der Waals surface area contributed by atoms with Gasteiger partial charge in [-0.2, -0.15) is 8.75 Å². The first-order valence-electron chi connectivity index (χ1n) is 6.08. The van der Waals surface area contributed by atoms with Crippen molar-refractivity contribution in [3.8, 4) is 0 Å². The molecule has 0 atom stereocenters. The smallest absolute Gasteiger partial charge is 0.129 e. The minimum absolute atomic E-state index is 0.676. The molecule has 2 aromatic heterocycles. The third kappa shape index (κ3) is 2.31. The fraction of sp³-hybridized carbons (Fsp3) is 0.231. The van der Waals surface area contributed by atoms with Crippen LogP contribution in [-0.4, -0.2) is 13.3 Å². The molecule has 0 bridgehead atoms. The SMILES string of the molecule is CCn1cccc1CNc1c(Cl)ccc2nsnc12. The van der Waals surface area contributed by atoms with Crippen molar-refractivity contribution in [2.45, 2.75) is 20.0 Å². The number of nitrogens with zero attached hydrogens (tertiary/aromatic N) is 3. The monoisotopic (exact) mass is 292 g/mol. The van der Waals surface area contributed by atoms with Crippen molar-refractivity contribution < 1.29 is 0 Å². The van der Waals surface area contributed by atoms with E-state index in [4.69, 9.17) is 11.6 Å². The molecule has 0 aliphatic carbocycles. The molecule has 6 heteroatoms. The Bertz CT molecular complexity index is 704. The number of anilines is 1. The van der Waals surface area contributed by atoms with Gasteiger partial charge in [0.05, 0.1) is 29.0 Å². The molecule has 0 aliphatic heterocycles. The van der Waals surface area contributed by atoms with Crippen LogP contribution in [0.4, 0.5) is 5.69 Å². The van der Waals surface area contributed by atoms with Gasteiger partial charge in [0.2, 0.25) is 0 Å². The summed E-state index contributed by atoms with van der Waals surface area (Å²) in [5, 5.41) is 4.05. The zero-order chi connectivity index (χ0) is 13.2. The molecule has 0 saturated heterocycles. The van der Waals surface area contributed by atoms with E-state index < -0.39 is 0 Å². The zero-order valence-electron chi connectivity index (χ0n) is 10.4. The standard InChI is InChI=1S/C13H13ClN4S/c1-2-18-7-3-4-9(18)8-15-12-10(14)5-6-11-13(12)17-19-16-11/h3-7,15H,2,8H2,1H3. The molecule has 0 amide bonds. The van der Waals surface area contributed by atoms with Gasteiger partial charge in [-0.25, -0.2) is 0 Å². The highest BCUT2D eigenvalue weighted by molar-refractivity contribution is 7.00. The average molecular weight is 293 g/mol. The number of rotatable bonds is 4. The number of hydrogen-bond donors (Lipinski definition) is 1. The summed E-state index contributed by atoms with van der Waals surface area (Å²) in [7, 11) is 0. The summed E-state index contributed by atoms with van der Waals surface area (Å²) in [5.41, 5.74) is 3.80. The van der Waals surface area contributed by atoms with Crippen LogP contribution in [0.5, 0.6) is 0 Å². The first kappa shape index (κ1) is 12.4. The van der Waals surface area contributed by atoms with Crippen LogP contribution in [0.15, 0.2) is 30.5 Å². The second kappa shape index (κ2) is 5.19. The molecule has 0 saturated carbocycles. The first-order chi connectivity index (χ1) is 9.29. The van der Waals surface area contributed by atoms with Crippen molar-refractivity contribution in [3.05, 3.63) is 41.2 Å². The molecular weight excluding hydrogens is 280 g/mol. The molecule has 4 nitrogen and oxygen atoms in total. The predicted octanol–water partition coefficient (Wildman–Crippen LogP) is 3.78. The summed E-state index contributed by atoms with van der Waals surface area (Å²) in [5.74, 6) is 0. The quantitative estimate of drug-likeness (QED) is 0.796. The van der Waals surface area contributed by atoms with Crippen molar-refractivity contribution in [2.24, 2.45) is 0 Å². The highest BCUT2D eigenvalue weighted by Crippen LogP contribution is 2.30. The molecule has 3 rings (SSSR count). The van der Waals surface area contributed by atoms with Crippen LogP contribution in [0, 0.1) is 0 Å². The summed E-state index contributed by atoms with van der Waals surface area (Å²) < 4.78 is 10.7. The Morgan fingerprint density at radius 3 is 3.05 bits per heavy atom. The van der Waals surface area contributed by atoms with Gasteiger partial charge >= 0.3 is 0 Å². The van der Waals surface area contributed by atoms with Gasteiger partial charge in [-0.15, -0.1) is 0 Å². The average Bonchev–Trinajstić information content (AvgIpc) is 3.05. The Morgan fingerprint density at radius 2 is 2.21 bits per heavy atom. The number of benzene rings is 1. The summed E-state index contributed by atoms with van der Waals surface area (Å²) in [6.45, 7) is 3.80. The lowest BCUT2D eigenvalue weighted by molar-refractivity contribution is 0.724. The second-order valence-corrected chi connectivity index (χ2v) is 5.13. The van der Waals surface area contributed by atoms with Crippen molar-refractivity contribution >= 4 is 40.0 Å². The number of fused-ring (bicyclic) bond motifs is 1. The van der Waals surface area contributed by atoms with Crippen molar-refractivity contribution in [1.29, 1.82) is 0 Å². The van der Waals surface area contributed by atoms with Gasteiger partial charge in [0.15, 0.2) is 0 Å². The molecule has 0 aliphatic rings. The number of aryl methyl sites for hydroxylation is 1. The molecule has 98 valence electrons. The lowest BCUT2D eigenvalue weighted by Gasteiger charge is -2.10. The van der Waals surface area contributed by atoms with Crippen LogP contribution in [-0.2, 0) is 13.1 Å². The number of aromatic nitrogens is 3. The van der Waals surface area contributed by atoms with Gasteiger partial charge in [0, 0.05) is 18.4 Å². The molecule has 0 spiro atoms. The van der Waals surface area contributed by atoms with Crippen LogP contribution < -0.4 is 5.32 Å². The fourth-order valence-electron chi connectivity index (χ4n) is 2.09. The topological polar surface area (TPSA) is 42.7 Å². The Balaban J connectivity index is 1.89. The van der Waals surface area contributed by atoms with Gasteiger partial charge in [0.1, 0.15) is 11.0 Å². The molecular formula is C13H13ClN4S. The van der Waals surface area contributed by atoms with Gasteiger partial charge in [-0.1, -0.05) is 11.6 Å². The molecule has 3 aromatic rings. The minimum atomic E-state index is 0.676. The molecule has 0 unspecified atom stereocenters. The maximum atomic E-state index is 6.24. The molecule has 19 heavy (non-hydrogen) atoms. The van der Waals surface area contributed by atoms with Crippen LogP contribution in [0.1, 0.15) is 12.6 Å². The maximum absolute atomic E-state index is 6.24. The highest BCUT2D eigenvalue weighted by Gasteiger charge is 2.10. The lowest BCUT2D eigenvalue weighted by atomic mass is 10.2.